The van der Waals surface area contributed by atoms with E-state index < -0.39 is 11.3 Å². The highest BCUT2D eigenvalue weighted by Crippen LogP contribution is 2.23. The first-order chi connectivity index (χ1) is 6.77. The van der Waals surface area contributed by atoms with Crippen molar-refractivity contribution in [3.05, 3.63) is 24.0 Å². The first-order valence-electron chi connectivity index (χ1n) is 4.33. The van der Waals surface area contributed by atoms with E-state index in [4.69, 9.17) is 0 Å². The van der Waals surface area contributed by atoms with Crippen LogP contribution in [0.4, 0.5) is 5.69 Å². The number of nitrogens with zero attached hydrogens (tertiary/aromatic N) is 2. The molecular weight excluding hydrogens is 202 g/mol. The third-order valence-corrected chi connectivity index (χ3v) is 2.55. The number of nitrogens with one attached hydrogen (secondary N) is 1. The summed E-state index contributed by atoms with van der Waals surface area (Å²) in [5.74, 6) is 0. The highest BCUT2D eigenvalue weighted by molar-refractivity contribution is 7.77. The van der Waals surface area contributed by atoms with Gasteiger partial charge in [0, 0.05) is 30.2 Å². The van der Waals surface area contributed by atoms with Crippen molar-refractivity contribution in [3.8, 4) is 0 Å². The Bertz CT molecular complexity index is 358. The van der Waals surface area contributed by atoms with Crippen molar-refractivity contribution in [3.63, 3.8) is 0 Å². The van der Waals surface area contributed by atoms with Gasteiger partial charge in [-0.25, -0.2) is 0 Å². The summed E-state index contributed by atoms with van der Waals surface area (Å²) in [5.41, 5.74) is 1.98. The fraction of sp³-hybridized carbons (Fsp3) is 0.375. The lowest BCUT2D eigenvalue weighted by atomic mass is 10.1. The Labute approximate surface area is 84.5 Å². The van der Waals surface area contributed by atoms with Crippen molar-refractivity contribution in [1.82, 2.24) is 9.82 Å². The molecule has 1 aliphatic heterocycles. The van der Waals surface area contributed by atoms with Crippen LogP contribution in [-0.4, -0.2) is 20.3 Å². The maximum absolute atomic E-state index is 10.5. The molecule has 2 heterocycles. The summed E-state index contributed by atoms with van der Waals surface area (Å²) >= 11 is -2.26. The third-order valence-electron chi connectivity index (χ3n) is 2.18. The van der Waals surface area contributed by atoms with Crippen LogP contribution in [0.25, 0.3) is 0 Å². The number of aryl methyl sites for hydroxylation is 1. The van der Waals surface area contributed by atoms with Gasteiger partial charge in [-0.15, -0.1) is 0 Å². The van der Waals surface area contributed by atoms with Gasteiger partial charge in [0.25, 0.3) is 0 Å². The fourth-order valence-corrected chi connectivity index (χ4v) is 1.98. The van der Waals surface area contributed by atoms with Crippen LogP contribution in [0.2, 0.25) is 0 Å². The molecule has 0 radical (unpaired) electrons. The Morgan fingerprint density at radius 2 is 2.50 bits per heavy atom. The average Bonchev–Trinajstić information content (AvgIpc) is 2.18. The van der Waals surface area contributed by atoms with Gasteiger partial charge in [-0.3, -0.25) is 14.2 Å². The summed E-state index contributed by atoms with van der Waals surface area (Å²) in [6, 6.07) is 1.81. The van der Waals surface area contributed by atoms with Crippen molar-refractivity contribution in [2.24, 2.45) is 0 Å². The maximum atomic E-state index is 10.5. The lowest BCUT2D eigenvalue weighted by Gasteiger charge is -2.31. The first-order valence-corrected chi connectivity index (χ1v) is 5.41. The second-order valence-electron chi connectivity index (χ2n) is 3.09. The zero-order chi connectivity index (χ0) is 9.97. The second-order valence-corrected chi connectivity index (χ2v) is 3.74. The molecular formula is C8H10N3O2S-. The molecule has 1 aromatic heterocycles. The number of hydrogen-bond acceptors (Lipinski definition) is 4. The van der Waals surface area contributed by atoms with E-state index in [1.165, 1.54) is 0 Å². The van der Waals surface area contributed by atoms with E-state index in [1.54, 1.807) is 17.4 Å². The van der Waals surface area contributed by atoms with Crippen LogP contribution >= 0.6 is 0 Å². The number of anilines is 1. The number of hydrazine groups is 1. The predicted molar refractivity (Wildman–Crippen MR) is 52.0 cm³/mol. The number of hydrogen-bond donors (Lipinski definition) is 1. The van der Waals surface area contributed by atoms with Gasteiger partial charge < -0.3 is 4.55 Å². The summed E-state index contributed by atoms with van der Waals surface area (Å²) in [4.78, 5) is 6.36. The van der Waals surface area contributed by atoms with E-state index in [-0.39, 0.29) is 0 Å². The van der Waals surface area contributed by atoms with Crippen LogP contribution in [0.5, 0.6) is 0 Å². The molecule has 1 aromatic rings. The molecule has 0 amide bonds. The van der Waals surface area contributed by atoms with Crippen molar-refractivity contribution < 1.29 is 8.76 Å². The van der Waals surface area contributed by atoms with E-state index in [0.29, 0.717) is 6.54 Å². The molecule has 2 rings (SSSR count). The molecule has 0 saturated heterocycles. The Hall–Kier alpha value is -0.980. The Kier molecular flexibility index (Phi) is 2.76. The summed E-state index contributed by atoms with van der Waals surface area (Å²) in [6.45, 7) is 0.699. The summed E-state index contributed by atoms with van der Waals surface area (Å²) in [5, 5.41) is 1.63. The van der Waals surface area contributed by atoms with Crippen LogP contribution in [0.15, 0.2) is 18.5 Å². The molecule has 1 aliphatic rings. The minimum Gasteiger partial charge on any atom is -0.759 e. The number of fused-ring (bicyclic) bond motifs is 1. The van der Waals surface area contributed by atoms with Gasteiger partial charge in [0.15, 0.2) is 0 Å². The van der Waals surface area contributed by atoms with E-state index in [1.807, 2.05) is 6.07 Å². The molecule has 0 bridgehead atoms. The van der Waals surface area contributed by atoms with Crippen LogP contribution in [0, 0.1) is 0 Å². The first kappa shape index (κ1) is 9.57. The van der Waals surface area contributed by atoms with Crippen LogP contribution in [0.1, 0.15) is 12.0 Å². The normalized spacial score (nSPS) is 17.6. The highest BCUT2D eigenvalue weighted by Gasteiger charge is 2.15. The van der Waals surface area contributed by atoms with E-state index in [9.17, 15) is 8.76 Å². The van der Waals surface area contributed by atoms with Gasteiger partial charge in [0.05, 0.1) is 5.69 Å². The zero-order valence-corrected chi connectivity index (χ0v) is 8.29. The van der Waals surface area contributed by atoms with Crippen molar-refractivity contribution in [1.29, 1.82) is 0 Å². The minimum absolute atomic E-state index is 0.699. The largest absolute Gasteiger partial charge is 0.759 e. The van der Waals surface area contributed by atoms with Gasteiger partial charge in [0.2, 0.25) is 0 Å². The third kappa shape index (κ3) is 1.92. The number of rotatable bonds is 2. The Morgan fingerprint density at radius 1 is 1.64 bits per heavy atom. The number of pyridine rings is 1. The molecule has 1 atom stereocenters. The van der Waals surface area contributed by atoms with E-state index >= 15 is 0 Å². The maximum Gasteiger partial charge on any atom is 0.0591 e. The molecule has 5 nitrogen and oxygen atoms in total. The molecule has 0 aromatic carbocycles. The van der Waals surface area contributed by atoms with Crippen molar-refractivity contribution in [2.75, 3.05) is 11.6 Å². The quantitative estimate of drug-likeness (QED) is 0.708. The van der Waals surface area contributed by atoms with Gasteiger partial charge in [-0.1, -0.05) is 0 Å². The second kappa shape index (κ2) is 4.04. The Morgan fingerprint density at radius 3 is 3.29 bits per heavy atom. The van der Waals surface area contributed by atoms with Crippen LogP contribution in [-0.2, 0) is 17.7 Å². The van der Waals surface area contributed by atoms with Gasteiger partial charge in [-0.05, 0) is 24.5 Å². The summed E-state index contributed by atoms with van der Waals surface area (Å²) in [7, 11) is 0. The molecule has 0 spiro atoms. The van der Waals surface area contributed by atoms with E-state index in [2.05, 4.69) is 9.82 Å². The van der Waals surface area contributed by atoms with Gasteiger partial charge in [0.1, 0.15) is 0 Å². The monoisotopic (exact) mass is 212 g/mol. The van der Waals surface area contributed by atoms with Crippen LogP contribution < -0.4 is 9.84 Å². The standard InChI is InChI=1S/C8H11N3O2S/c12-14(13)10-11-5-1-2-7-6-9-4-3-8(7)11/h3-4,6,10H,1-2,5H2,(H,12,13)/p-1. The molecule has 1 N–H and O–H groups in total. The van der Waals surface area contributed by atoms with E-state index in [0.717, 1.165) is 24.1 Å². The molecule has 14 heavy (non-hydrogen) atoms. The summed E-state index contributed by atoms with van der Waals surface area (Å²) < 4.78 is 21.0. The minimum atomic E-state index is -2.26. The van der Waals surface area contributed by atoms with Crippen LogP contribution in [0.3, 0.4) is 0 Å². The molecule has 0 aliphatic carbocycles. The zero-order valence-electron chi connectivity index (χ0n) is 7.47. The predicted octanol–water partition coefficient (Wildman–Crippen LogP) is 0.133. The molecule has 1 unspecified atom stereocenters. The fourth-order valence-electron chi connectivity index (χ4n) is 1.61. The SMILES string of the molecule is O=S([O-])NN1CCCc2cnccc21. The van der Waals surface area contributed by atoms with Crippen molar-refractivity contribution >= 4 is 17.0 Å². The smallest absolute Gasteiger partial charge is 0.0591 e. The average molecular weight is 212 g/mol. The van der Waals surface area contributed by atoms with Crippen molar-refractivity contribution in [2.45, 2.75) is 12.8 Å². The molecule has 6 heteroatoms. The molecule has 76 valence electrons. The van der Waals surface area contributed by atoms with Gasteiger partial charge >= 0.3 is 0 Å². The summed E-state index contributed by atoms with van der Waals surface area (Å²) in [6.07, 6.45) is 5.32. The lowest BCUT2D eigenvalue weighted by molar-refractivity contribution is 0.515. The number of aromatic nitrogens is 1. The Balaban J connectivity index is 2.26. The highest BCUT2D eigenvalue weighted by atomic mass is 32.2. The lowest BCUT2D eigenvalue weighted by Crippen LogP contribution is -2.42. The van der Waals surface area contributed by atoms with Gasteiger partial charge in [-0.2, -0.15) is 4.83 Å². The molecule has 0 saturated carbocycles. The molecule has 0 fully saturated rings. The topological polar surface area (TPSA) is 68.3 Å².